The fourth-order valence-electron chi connectivity index (χ4n) is 1.71. The van der Waals surface area contributed by atoms with E-state index in [-0.39, 0.29) is 0 Å². The minimum Gasteiger partial charge on any atom is -0.472 e. The molecule has 1 N–H and O–H groups in total. The van der Waals surface area contributed by atoms with Gasteiger partial charge in [0.2, 0.25) is 0 Å². The molecule has 0 amide bonds. The number of anilines is 1. The molecule has 0 radical (unpaired) electrons. The average Bonchev–Trinajstić information content (AvgIpc) is 2.82. The fourth-order valence-corrected chi connectivity index (χ4v) is 1.71. The van der Waals surface area contributed by atoms with Crippen LogP contribution in [0.15, 0.2) is 29.3 Å². The molecule has 0 spiro atoms. The van der Waals surface area contributed by atoms with Crippen LogP contribution in [0.2, 0.25) is 0 Å². The molecule has 2 aromatic rings. The highest BCUT2D eigenvalue weighted by molar-refractivity contribution is 5.67. The Hall–Kier alpha value is -1.84. The lowest BCUT2D eigenvalue weighted by Crippen LogP contribution is -2.05. The van der Waals surface area contributed by atoms with Crippen molar-refractivity contribution >= 4 is 5.82 Å². The van der Waals surface area contributed by atoms with Crippen LogP contribution in [-0.4, -0.2) is 16.5 Å². The van der Waals surface area contributed by atoms with Crippen molar-refractivity contribution in [2.75, 3.05) is 11.9 Å². The van der Waals surface area contributed by atoms with Gasteiger partial charge in [-0.2, -0.15) is 0 Å². The molecule has 0 atom stereocenters. The van der Waals surface area contributed by atoms with Gasteiger partial charge in [0.05, 0.1) is 18.2 Å². The molecule has 2 aromatic heterocycles. The van der Waals surface area contributed by atoms with Crippen LogP contribution in [0.5, 0.6) is 0 Å². The standard InChI is InChI=1S/C12H15N3O/c1-3-10-11(9-5-6-16-7-9)14-8-15-12(10)13-4-2/h5-8H,3-4H2,1-2H3,(H,13,14,15). The van der Waals surface area contributed by atoms with E-state index in [2.05, 4.69) is 29.1 Å². The Labute approximate surface area is 94.7 Å². The first-order valence-corrected chi connectivity index (χ1v) is 5.47. The molecular formula is C12H15N3O. The van der Waals surface area contributed by atoms with Crippen molar-refractivity contribution in [1.29, 1.82) is 0 Å². The molecule has 4 nitrogen and oxygen atoms in total. The van der Waals surface area contributed by atoms with Crippen LogP contribution < -0.4 is 5.32 Å². The summed E-state index contributed by atoms with van der Waals surface area (Å²) in [6.07, 6.45) is 5.84. The highest BCUT2D eigenvalue weighted by atomic mass is 16.3. The van der Waals surface area contributed by atoms with Gasteiger partial charge < -0.3 is 9.73 Å². The summed E-state index contributed by atoms with van der Waals surface area (Å²) in [7, 11) is 0. The van der Waals surface area contributed by atoms with Gasteiger partial charge in [0, 0.05) is 17.7 Å². The number of rotatable bonds is 4. The van der Waals surface area contributed by atoms with Gasteiger partial charge in [-0.15, -0.1) is 0 Å². The van der Waals surface area contributed by atoms with Crippen LogP contribution in [0, 0.1) is 0 Å². The number of hydrogen-bond acceptors (Lipinski definition) is 4. The quantitative estimate of drug-likeness (QED) is 0.855. The average molecular weight is 217 g/mol. The Balaban J connectivity index is 2.49. The number of nitrogens with zero attached hydrogens (tertiary/aromatic N) is 2. The van der Waals surface area contributed by atoms with E-state index in [1.54, 1.807) is 18.9 Å². The lowest BCUT2D eigenvalue weighted by molar-refractivity contribution is 0.568. The van der Waals surface area contributed by atoms with E-state index in [1.165, 1.54) is 0 Å². The summed E-state index contributed by atoms with van der Waals surface area (Å²) in [6.45, 7) is 5.01. The van der Waals surface area contributed by atoms with E-state index in [4.69, 9.17) is 4.42 Å². The van der Waals surface area contributed by atoms with E-state index in [0.717, 1.165) is 35.6 Å². The maximum Gasteiger partial charge on any atom is 0.133 e. The summed E-state index contributed by atoms with van der Waals surface area (Å²) in [6, 6.07) is 1.91. The third-order valence-electron chi connectivity index (χ3n) is 2.44. The van der Waals surface area contributed by atoms with Crippen LogP contribution in [0.1, 0.15) is 19.4 Å². The molecule has 0 aromatic carbocycles. The summed E-state index contributed by atoms with van der Waals surface area (Å²) < 4.78 is 5.09. The van der Waals surface area contributed by atoms with Crippen LogP contribution in [-0.2, 0) is 6.42 Å². The largest absolute Gasteiger partial charge is 0.472 e. The number of nitrogens with one attached hydrogen (secondary N) is 1. The van der Waals surface area contributed by atoms with Gasteiger partial charge in [-0.05, 0) is 19.4 Å². The van der Waals surface area contributed by atoms with Gasteiger partial charge in [-0.3, -0.25) is 0 Å². The van der Waals surface area contributed by atoms with Crippen LogP contribution in [0.25, 0.3) is 11.3 Å². The first-order valence-electron chi connectivity index (χ1n) is 5.47. The van der Waals surface area contributed by atoms with E-state index in [0.29, 0.717) is 0 Å². The Morgan fingerprint density at radius 3 is 2.81 bits per heavy atom. The van der Waals surface area contributed by atoms with Crippen molar-refractivity contribution in [3.63, 3.8) is 0 Å². The minimum absolute atomic E-state index is 0.856. The predicted octanol–water partition coefficient (Wildman–Crippen LogP) is 2.73. The van der Waals surface area contributed by atoms with Crippen molar-refractivity contribution in [3.05, 3.63) is 30.5 Å². The third kappa shape index (κ3) is 1.91. The van der Waals surface area contributed by atoms with E-state index in [1.807, 2.05) is 6.07 Å². The summed E-state index contributed by atoms with van der Waals surface area (Å²) in [5, 5.41) is 3.25. The Kier molecular flexibility index (Phi) is 3.19. The van der Waals surface area contributed by atoms with Crippen LogP contribution in [0.3, 0.4) is 0 Å². The molecular weight excluding hydrogens is 202 g/mol. The fraction of sp³-hybridized carbons (Fsp3) is 0.333. The van der Waals surface area contributed by atoms with Crippen molar-refractivity contribution in [2.45, 2.75) is 20.3 Å². The topological polar surface area (TPSA) is 51.0 Å². The molecule has 0 aliphatic heterocycles. The van der Waals surface area contributed by atoms with Gasteiger partial charge in [-0.25, -0.2) is 9.97 Å². The molecule has 0 aliphatic rings. The maximum absolute atomic E-state index is 5.09. The van der Waals surface area contributed by atoms with Crippen molar-refractivity contribution < 1.29 is 4.42 Å². The molecule has 0 aliphatic carbocycles. The minimum atomic E-state index is 0.856. The molecule has 0 fully saturated rings. The predicted molar refractivity (Wildman–Crippen MR) is 63.3 cm³/mol. The zero-order chi connectivity index (χ0) is 11.4. The molecule has 0 saturated heterocycles. The second-order valence-corrected chi connectivity index (χ2v) is 3.45. The molecule has 84 valence electrons. The van der Waals surface area contributed by atoms with E-state index < -0.39 is 0 Å². The lowest BCUT2D eigenvalue weighted by atomic mass is 10.1. The first-order chi connectivity index (χ1) is 7.86. The number of aromatic nitrogens is 2. The molecule has 0 bridgehead atoms. The Morgan fingerprint density at radius 1 is 1.31 bits per heavy atom. The molecule has 2 rings (SSSR count). The first kappa shape index (κ1) is 10.7. The van der Waals surface area contributed by atoms with Gasteiger partial charge in [0.25, 0.3) is 0 Å². The highest BCUT2D eigenvalue weighted by Crippen LogP contribution is 2.26. The van der Waals surface area contributed by atoms with Gasteiger partial charge in [-0.1, -0.05) is 6.92 Å². The van der Waals surface area contributed by atoms with Crippen LogP contribution in [0.4, 0.5) is 5.82 Å². The van der Waals surface area contributed by atoms with Crippen molar-refractivity contribution in [3.8, 4) is 11.3 Å². The Morgan fingerprint density at radius 2 is 2.19 bits per heavy atom. The highest BCUT2D eigenvalue weighted by Gasteiger charge is 2.11. The zero-order valence-corrected chi connectivity index (χ0v) is 9.53. The lowest BCUT2D eigenvalue weighted by Gasteiger charge is -2.10. The van der Waals surface area contributed by atoms with E-state index in [9.17, 15) is 0 Å². The monoisotopic (exact) mass is 217 g/mol. The zero-order valence-electron chi connectivity index (χ0n) is 9.53. The second-order valence-electron chi connectivity index (χ2n) is 3.45. The molecule has 4 heteroatoms. The maximum atomic E-state index is 5.09. The van der Waals surface area contributed by atoms with Crippen molar-refractivity contribution in [2.24, 2.45) is 0 Å². The SMILES string of the molecule is CCNc1ncnc(-c2ccoc2)c1CC. The third-order valence-corrected chi connectivity index (χ3v) is 2.44. The van der Waals surface area contributed by atoms with Crippen molar-refractivity contribution in [1.82, 2.24) is 9.97 Å². The molecule has 2 heterocycles. The number of hydrogen-bond donors (Lipinski definition) is 1. The Bertz CT molecular complexity index is 451. The number of furan rings is 1. The normalized spacial score (nSPS) is 10.4. The summed E-state index contributed by atoms with van der Waals surface area (Å²) in [4.78, 5) is 8.58. The smallest absolute Gasteiger partial charge is 0.133 e. The molecule has 0 saturated carbocycles. The van der Waals surface area contributed by atoms with E-state index >= 15 is 0 Å². The summed E-state index contributed by atoms with van der Waals surface area (Å²) in [5.41, 5.74) is 3.08. The van der Waals surface area contributed by atoms with Gasteiger partial charge >= 0.3 is 0 Å². The van der Waals surface area contributed by atoms with Gasteiger partial charge in [0.1, 0.15) is 12.1 Å². The van der Waals surface area contributed by atoms with Gasteiger partial charge in [0.15, 0.2) is 0 Å². The molecule has 0 unspecified atom stereocenters. The second kappa shape index (κ2) is 4.79. The summed E-state index contributed by atoms with van der Waals surface area (Å²) >= 11 is 0. The summed E-state index contributed by atoms with van der Waals surface area (Å²) in [5.74, 6) is 0.913. The molecule has 16 heavy (non-hydrogen) atoms. The van der Waals surface area contributed by atoms with Crippen LogP contribution >= 0.6 is 0 Å².